The van der Waals surface area contributed by atoms with Gasteiger partial charge in [0.25, 0.3) is 5.56 Å². The number of ether oxygens (including phenoxy) is 1. The molecule has 3 aromatic carbocycles. The molecule has 0 bridgehead atoms. The van der Waals surface area contributed by atoms with E-state index < -0.39 is 0 Å². The number of thiazole rings is 1. The van der Waals surface area contributed by atoms with E-state index in [1.807, 2.05) is 71.3 Å². The number of nitrogens with zero attached hydrogens (tertiary/aromatic N) is 2. The Hall–Kier alpha value is -3.96. The van der Waals surface area contributed by atoms with E-state index >= 15 is 0 Å². The van der Waals surface area contributed by atoms with Gasteiger partial charge in [0, 0.05) is 11.1 Å². The SMILES string of the molecule is COc1ccccc1[C@@H]1C2=C(N=c3s/c(=C\C=C\c4ccccc4)c(=O)n31)c1ccccc1CC2. The van der Waals surface area contributed by atoms with E-state index in [0.29, 0.717) is 4.53 Å². The topological polar surface area (TPSA) is 43.6 Å². The van der Waals surface area contributed by atoms with Crippen molar-refractivity contribution in [3.63, 3.8) is 0 Å². The van der Waals surface area contributed by atoms with Crippen molar-refractivity contribution in [2.45, 2.75) is 18.9 Å². The molecular weight excluding hydrogens is 452 g/mol. The Morgan fingerprint density at radius 2 is 1.74 bits per heavy atom. The van der Waals surface area contributed by atoms with Crippen molar-refractivity contribution in [3.8, 4) is 5.75 Å². The summed E-state index contributed by atoms with van der Waals surface area (Å²) >= 11 is 1.44. The van der Waals surface area contributed by atoms with E-state index in [9.17, 15) is 4.79 Å². The smallest absolute Gasteiger partial charge is 0.271 e. The zero-order chi connectivity index (χ0) is 23.8. The summed E-state index contributed by atoms with van der Waals surface area (Å²) in [5, 5.41) is 0. The summed E-state index contributed by atoms with van der Waals surface area (Å²) in [5.74, 6) is 0.781. The second kappa shape index (κ2) is 9.01. The maximum Gasteiger partial charge on any atom is 0.271 e. The molecule has 1 atom stereocenters. The van der Waals surface area contributed by atoms with Crippen molar-refractivity contribution >= 4 is 29.2 Å². The van der Waals surface area contributed by atoms with Crippen molar-refractivity contribution in [1.29, 1.82) is 0 Å². The molecule has 0 fully saturated rings. The van der Waals surface area contributed by atoms with Gasteiger partial charge in [-0.2, -0.15) is 0 Å². The van der Waals surface area contributed by atoms with Crippen molar-refractivity contribution in [2.75, 3.05) is 7.11 Å². The van der Waals surface area contributed by atoms with Gasteiger partial charge < -0.3 is 4.74 Å². The molecule has 0 saturated heterocycles. The van der Waals surface area contributed by atoms with Crippen LogP contribution in [0.3, 0.4) is 0 Å². The van der Waals surface area contributed by atoms with Crippen LogP contribution in [0.5, 0.6) is 5.75 Å². The minimum absolute atomic E-state index is 0.0206. The van der Waals surface area contributed by atoms with E-state index in [2.05, 4.69) is 30.3 Å². The largest absolute Gasteiger partial charge is 0.496 e. The van der Waals surface area contributed by atoms with E-state index in [4.69, 9.17) is 9.73 Å². The summed E-state index contributed by atoms with van der Waals surface area (Å²) in [6.45, 7) is 0. The quantitative estimate of drug-likeness (QED) is 0.416. The fourth-order valence-corrected chi connectivity index (χ4v) is 5.97. The number of allylic oxidation sites excluding steroid dienone is 2. The van der Waals surface area contributed by atoms with Crippen LogP contribution in [-0.2, 0) is 6.42 Å². The third-order valence-electron chi connectivity index (χ3n) is 6.64. The van der Waals surface area contributed by atoms with Gasteiger partial charge in [0.2, 0.25) is 0 Å². The van der Waals surface area contributed by atoms with E-state index in [0.717, 1.165) is 45.8 Å². The zero-order valence-corrected chi connectivity index (χ0v) is 20.2. The highest BCUT2D eigenvalue weighted by Crippen LogP contribution is 2.43. The Morgan fingerprint density at radius 3 is 2.60 bits per heavy atom. The van der Waals surface area contributed by atoms with Crippen molar-refractivity contribution in [1.82, 2.24) is 4.57 Å². The van der Waals surface area contributed by atoms with Gasteiger partial charge in [0.15, 0.2) is 4.80 Å². The standard InChI is InChI=1S/C30H24N2O2S/c1-34-25-16-8-7-15-23(25)28-24-19-18-21-13-5-6-14-22(21)27(24)31-30-32(28)29(33)26(35-30)17-9-12-20-10-3-2-4-11-20/h2-17,28H,18-19H2,1H3/b12-9+,26-17-/t28-/m1/s1. The number of rotatable bonds is 4. The summed E-state index contributed by atoms with van der Waals surface area (Å²) in [4.78, 5) is 19.5. The molecule has 0 saturated carbocycles. The predicted molar refractivity (Wildman–Crippen MR) is 142 cm³/mol. The predicted octanol–water partition coefficient (Wildman–Crippen LogP) is 4.99. The van der Waals surface area contributed by atoms with Gasteiger partial charge in [-0.05, 0) is 41.7 Å². The first-order valence-corrected chi connectivity index (χ1v) is 12.5. The normalized spacial score (nSPS) is 17.1. The van der Waals surface area contributed by atoms with E-state index in [-0.39, 0.29) is 11.6 Å². The lowest BCUT2D eigenvalue weighted by Gasteiger charge is -2.31. The van der Waals surface area contributed by atoms with Crippen molar-refractivity contribution in [3.05, 3.63) is 132 Å². The molecule has 0 unspecified atom stereocenters. The maximum absolute atomic E-state index is 13.7. The van der Waals surface area contributed by atoms with Gasteiger partial charge in [-0.1, -0.05) is 96.3 Å². The van der Waals surface area contributed by atoms with E-state index in [1.54, 1.807) is 7.11 Å². The highest BCUT2D eigenvalue weighted by molar-refractivity contribution is 7.07. The molecule has 172 valence electrons. The highest BCUT2D eigenvalue weighted by Gasteiger charge is 2.33. The highest BCUT2D eigenvalue weighted by atomic mass is 32.1. The third-order valence-corrected chi connectivity index (χ3v) is 7.64. The first-order valence-electron chi connectivity index (χ1n) is 11.7. The summed E-state index contributed by atoms with van der Waals surface area (Å²) in [7, 11) is 1.68. The van der Waals surface area contributed by atoms with Gasteiger partial charge in [-0.3, -0.25) is 9.36 Å². The molecule has 0 spiro atoms. The number of para-hydroxylation sites is 1. The van der Waals surface area contributed by atoms with Gasteiger partial charge in [0.05, 0.1) is 23.4 Å². The number of aryl methyl sites for hydroxylation is 1. The number of fused-ring (bicyclic) bond motifs is 3. The van der Waals surface area contributed by atoms with Crippen LogP contribution < -0.4 is 19.6 Å². The lowest BCUT2D eigenvalue weighted by molar-refractivity contribution is 0.402. The minimum Gasteiger partial charge on any atom is -0.496 e. The van der Waals surface area contributed by atoms with Crippen LogP contribution in [0.4, 0.5) is 0 Å². The number of benzene rings is 3. The summed E-state index contributed by atoms with van der Waals surface area (Å²) in [5.41, 5.74) is 6.70. The van der Waals surface area contributed by atoms with Crippen LogP contribution in [0.2, 0.25) is 0 Å². The summed E-state index contributed by atoms with van der Waals surface area (Å²) in [6.07, 6.45) is 7.63. The Kier molecular flexibility index (Phi) is 5.55. The van der Waals surface area contributed by atoms with Gasteiger partial charge in [-0.15, -0.1) is 0 Å². The molecule has 2 heterocycles. The second-order valence-corrected chi connectivity index (χ2v) is 9.66. The summed E-state index contributed by atoms with van der Waals surface area (Å²) < 4.78 is 8.27. The van der Waals surface area contributed by atoms with Crippen LogP contribution in [0, 0.1) is 0 Å². The van der Waals surface area contributed by atoms with Crippen LogP contribution in [-0.4, -0.2) is 11.7 Å². The molecule has 6 rings (SSSR count). The molecule has 35 heavy (non-hydrogen) atoms. The van der Waals surface area contributed by atoms with Gasteiger partial charge >= 0.3 is 0 Å². The second-order valence-electron chi connectivity index (χ2n) is 8.65. The van der Waals surface area contributed by atoms with Crippen LogP contribution in [0.25, 0.3) is 17.8 Å². The first-order chi connectivity index (χ1) is 17.2. The number of methoxy groups -OCH3 is 1. The average molecular weight is 477 g/mol. The zero-order valence-electron chi connectivity index (χ0n) is 19.3. The maximum atomic E-state index is 13.7. The van der Waals surface area contributed by atoms with Gasteiger partial charge in [-0.25, -0.2) is 4.99 Å². The molecule has 2 aliphatic rings. The molecule has 4 aromatic rings. The molecule has 4 nitrogen and oxygen atoms in total. The molecule has 1 aromatic heterocycles. The van der Waals surface area contributed by atoms with E-state index in [1.165, 1.54) is 22.5 Å². The number of aromatic nitrogens is 1. The Labute approximate surface area is 207 Å². The first kappa shape index (κ1) is 21.6. The number of hydrogen-bond acceptors (Lipinski definition) is 4. The molecule has 5 heteroatoms. The average Bonchev–Trinajstić information content (AvgIpc) is 3.22. The molecule has 0 radical (unpaired) electrons. The fraction of sp³-hybridized carbons (Fsp3) is 0.133. The van der Waals surface area contributed by atoms with Crippen molar-refractivity contribution in [2.24, 2.45) is 4.99 Å². The third kappa shape index (κ3) is 3.78. The Balaban J connectivity index is 1.57. The van der Waals surface area contributed by atoms with Gasteiger partial charge in [0.1, 0.15) is 5.75 Å². The molecule has 1 aliphatic heterocycles. The van der Waals surface area contributed by atoms with Crippen LogP contribution in [0.15, 0.2) is 100 Å². The van der Waals surface area contributed by atoms with Crippen LogP contribution >= 0.6 is 11.3 Å². The Bertz CT molecular complexity index is 1660. The van der Waals surface area contributed by atoms with Crippen molar-refractivity contribution < 1.29 is 4.74 Å². The molecule has 0 N–H and O–H groups in total. The Morgan fingerprint density at radius 1 is 0.971 bits per heavy atom. The number of hydrogen-bond donors (Lipinski definition) is 0. The molecule has 0 amide bonds. The van der Waals surface area contributed by atoms with Crippen LogP contribution in [0.1, 0.15) is 34.7 Å². The summed E-state index contributed by atoms with van der Waals surface area (Å²) in [6, 6.07) is 26.3. The molecular formula is C30H24N2O2S. The molecule has 1 aliphatic carbocycles. The monoisotopic (exact) mass is 476 g/mol. The minimum atomic E-state index is -0.244. The lowest BCUT2D eigenvalue weighted by atomic mass is 9.83. The lowest BCUT2D eigenvalue weighted by Crippen LogP contribution is -2.38. The fourth-order valence-electron chi connectivity index (χ4n) is 5.02.